The van der Waals surface area contributed by atoms with Gasteiger partial charge in [0.05, 0.1) is 5.75 Å². The first kappa shape index (κ1) is 18.3. The Labute approximate surface area is 160 Å². The van der Waals surface area contributed by atoms with E-state index in [9.17, 15) is 4.79 Å². The highest BCUT2D eigenvalue weighted by Gasteiger charge is 2.16. The van der Waals surface area contributed by atoms with E-state index >= 15 is 0 Å². The molecular weight excluding hydrogens is 372 g/mol. The Morgan fingerprint density at radius 3 is 2.69 bits per heavy atom. The number of halogens is 1. The van der Waals surface area contributed by atoms with E-state index in [-0.39, 0.29) is 11.7 Å². The molecule has 0 aromatic heterocycles. The summed E-state index contributed by atoms with van der Waals surface area (Å²) in [6.07, 6.45) is 0. The van der Waals surface area contributed by atoms with Crippen molar-refractivity contribution in [2.75, 3.05) is 24.7 Å². The second-order valence-electron chi connectivity index (χ2n) is 5.46. The lowest BCUT2D eigenvalue weighted by molar-refractivity contribution is -0.113. The van der Waals surface area contributed by atoms with Crippen molar-refractivity contribution in [2.45, 2.75) is 0 Å². The Kier molecular flexibility index (Phi) is 6.14. The van der Waals surface area contributed by atoms with E-state index in [0.29, 0.717) is 28.4 Å². The van der Waals surface area contributed by atoms with Crippen LogP contribution in [0.1, 0.15) is 0 Å². The van der Waals surface area contributed by atoms with E-state index in [1.165, 1.54) is 11.8 Å². The monoisotopic (exact) mass is 388 g/mol. The lowest BCUT2D eigenvalue weighted by Crippen LogP contribution is -2.31. The molecule has 0 aliphatic carbocycles. The number of para-hydroxylation sites is 1. The van der Waals surface area contributed by atoms with Gasteiger partial charge in [-0.1, -0.05) is 41.6 Å². The van der Waals surface area contributed by atoms with Gasteiger partial charge in [-0.15, -0.1) is 5.10 Å². The zero-order valence-electron chi connectivity index (χ0n) is 14.1. The number of nitrogens with zero attached hydrogens (tertiary/aromatic N) is 3. The Bertz CT molecular complexity index is 825. The number of anilines is 1. The van der Waals surface area contributed by atoms with Crippen molar-refractivity contribution in [1.29, 1.82) is 0 Å². The lowest BCUT2D eigenvalue weighted by atomic mass is 10.3. The molecule has 1 amide bonds. The standard InChI is InChI=1S/C18H17ClN4O2S/c1-23-11-17(25-15-9-7-13(19)8-10-15)21-18(22-23)26-12-16(24)20-14-5-3-2-4-6-14/h2-10H,11-12H2,1H3,(H,20,24). The minimum absolute atomic E-state index is 0.118. The Hall–Kier alpha value is -2.51. The van der Waals surface area contributed by atoms with Crippen LogP contribution in [-0.4, -0.2) is 41.3 Å². The van der Waals surface area contributed by atoms with Crippen molar-refractivity contribution >= 4 is 46.0 Å². The van der Waals surface area contributed by atoms with E-state index in [1.807, 2.05) is 37.4 Å². The number of carbonyl (C=O) groups excluding carboxylic acids is 1. The molecule has 0 fully saturated rings. The predicted octanol–water partition coefficient (Wildman–Crippen LogP) is 3.71. The minimum atomic E-state index is -0.118. The van der Waals surface area contributed by atoms with Crippen molar-refractivity contribution in [1.82, 2.24) is 5.01 Å². The minimum Gasteiger partial charge on any atom is -0.441 e. The number of hydrazone groups is 1. The van der Waals surface area contributed by atoms with Gasteiger partial charge in [-0.2, -0.15) is 4.99 Å². The molecule has 134 valence electrons. The number of aliphatic imine (C=N–C) groups is 1. The third kappa shape index (κ3) is 5.50. The van der Waals surface area contributed by atoms with Gasteiger partial charge in [-0.05, 0) is 36.4 Å². The molecule has 0 saturated heterocycles. The van der Waals surface area contributed by atoms with E-state index in [4.69, 9.17) is 16.3 Å². The van der Waals surface area contributed by atoms with Gasteiger partial charge in [0.25, 0.3) is 0 Å². The summed E-state index contributed by atoms with van der Waals surface area (Å²) < 4.78 is 5.77. The largest absolute Gasteiger partial charge is 0.441 e. The Balaban J connectivity index is 1.57. The second kappa shape index (κ2) is 8.73. The highest BCUT2D eigenvalue weighted by Crippen LogP contribution is 2.18. The summed E-state index contributed by atoms with van der Waals surface area (Å²) in [5, 5.41) is 9.98. The van der Waals surface area contributed by atoms with Crippen molar-refractivity contribution in [3.63, 3.8) is 0 Å². The first-order valence-corrected chi connectivity index (χ1v) is 9.23. The van der Waals surface area contributed by atoms with E-state index in [1.54, 1.807) is 29.3 Å². The average molecular weight is 389 g/mol. The molecule has 0 bridgehead atoms. The number of likely N-dealkylation sites (N-methyl/N-ethyl adjacent to an activating group) is 1. The predicted molar refractivity (Wildman–Crippen MR) is 107 cm³/mol. The highest BCUT2D eigenvalue weighted by molar-refractivity contribution is 8.14. The quantitative estimate of drug-likeness (QED) is 0.867. The maximum absolute atomic E-state index is 12.0. The molecule has 0 saturated carbocycles. The number of amidine groups is 1. The molecule has 2 aromatic carbocycles. The van der Waals surface area contributed by atoms with Crippen LogP contribution in [0, 0.1) is 0 Å². The summed E-state index contributed by atoms with van der Waals surface area (Å²) in [6, 6.07) is 16.4. The fourth-order valence-corrected chi connectivity index (χ4v) is 2.97. The van der Waals surface area contributed by atoms with Gasteiger partial charge in [0.15, 0.2) is 0 Å². The highest BCUT2D eigenvalue weighted by atomic mass is 35.5. The van der Waals surface area contributed by atoms with E-state index in [2.05, 4.69) is 15.4 Å². The second-order valence-corrected chi connectivity index (χ2v) is 6.84. The summed E-state index contributed by atoms with van der Waals surface area (Å²) >= 11 is 7.13. The van der Waals surface area contributed by atoms with Crippen molar-refractivity contribution in [3.05, 3.63) is 59.6 Å². The first-order chi connectivity index (χ1) is 12.6. The number of hydrogen-bond donors (Lipinski definition) is 1. The van der Waals surface area contributed by atoms with Gasteiger partial charge < -0.3 is 10.1 Å². The number of thioether (sulfide) groups is 1. The third-order valence-corrected chi connectivity index (χ3v) is 4.37. The number of carbonyl (C=O) groups is 1. The Morgan fingerprint density at radius 1 is 1.23 bits per heavy atom. The smallest absolute Gasteiger partial charge is 0.234 e. The Morgan fingerprint density at radius 2 is 1.96 bits per heavy atom. The molecule has 26 heavy (non-hydrogen) atoms. The third-order valence-electron chi connectivity index (χ3n) is 3.28. The molecule has 8 heteroatoms. The molecule has 0 radical (unpaired) electrons. The molecule has 3 rings (SSSR count). The number of nitrogens with one attached hydrogen (secondary N) is 1. The van der Waals surface area contributed by atoms with Crippen LogP contribution >= 0.6 is 23.4 Å². The maximum Gasteiger partial charge on any atom is 0.234 e. The van der Waals surface area contributed by atoms with Crippen LogP contribution in [0.5, 0.6) is 5.75 Å². The molecule has 1 aliphatic heterocycles. The number of amides is 1. The van der Waals surface area contributed by atoms with Gasteiger partial charge in [0, 0.05) is 17.8 Å². The van der Waals surface area contributed by atoms with E-state index < -0.39 is 0 Å². The molecule has 0 atom stereocenters. The molecule has 6 nitrogen and oxygen atoms in total. The van der Waals surface area contributed by atoms with Crippen LogP contribution in [0.3, 0.4) is 0 Å². The first-order valence-electron chi connectivity index (χ1n) is 7.87. The van der Waals surface area contributed by atoms with Crippen LogP contribution in [-0.2, 0) is 4.79 Å². The molecule has 2 aromatic rings. The topological polar surface area (TPSA) is 66.3 Å². The summed E-state index contributed by atoms with van der Waals surface area (Å²) in [4.78, 5) is 16.4. The number of hydrogen-bond acceptors (Lipinski definition) is 6. The fourth-order valence-electron chi connectivity index (χ4n) is 2.15. The summed E-state index contributed by atoms with van der Waals surface area (Å²) in [5.74, 6) is 1.25. The molecule has 0 spiro atoms. The molecular formula is C18H17ClN4O2S. The number of ether oxygens (including phenoxy) is 1. The van der Waals surface area contributed by atoms with Gasteiger partial charge in [-0.25, -0.2) is 0 Å². The molecule has 1 heterocycles. The SMILES string of the molecule is CN1CC(Oc2ccc(Cl)cc2)=NC(SCC(=O)Nc2ccccc2)=N1. The van der Waals surface area contributed by atoms with Crippen molar-refractivity contribution in [3.8, 4) is 5.75 Å². The van der Waals surface area contributed by atoms with Crippen LogP contribution < -0.4 is 10.1 Å². The maximum atomic E-state index is 12.0. The zero-order valence-corrected chi connectivity index (χ0v) is 15.6. The number of benzene rings is 2. The van der Waals surface area contributed by atoms with Gasteiger partial charge >= 0.3 is 0 Å². The van der Waals surface area contributed by atoms with Gasteiger partial charge in [0.1, 0.15) is 12.3 Å². The van der Waals surface area contributed by atoms with Crippen LogP contribution in [0.15, 0.2) is 64.7 Å². The van der Waals surface area contributed by atoms with Crippen LogP contribution in [0.25, 0.3) is 0 Å². The van der Waals surface area contributed by atoms with E-state index in [0.717, 1.165) is 5.69 Å². The lowest BCUT2D eigenvalue weighted by Gasteiger charge is -2.20. The molecule has 1 aliphatic rings. The molecule has 1 N–H and O–H groups in total. The number of rotatable bonds is 4. The van der Waals surface area contributed by atoms with Crippen molar-refractivity contribution in [2.24, 2.45) is 10.1 Å². The van der Waals surface area contributed by atoms with Crippen molar-refractivity contribution < 1.29 is 9.53 Å². The van der Waals surface area contributed by atoms with Gasteiger partial charge in [-0.3, -0.25) is 9.80 Å². The fraction of sp³-hybridized carbons (Fsp3) is 0.167. The zero-order chi connectivity index (χ0) is 18.4. The van der Waals surface area contributed by atoms with Crippen LogP contribution in [0.2, 0.25) is 5.02 Å². The summed E-state index contributed by atoms with van der Waals surface area (Å²) in [7, 11) is 1.82. The van der Waals surface area contributed by atoms with Crippen LogP contribution in [0.4, 0.5) is 5.69 Å². The summed E-state index contributed by atoms with van der Waals surface area (Å²) in [5.41, 5.74) is 0.760. The summed E-state index contributed by atoms with van der Waals surface area (Å²) in [6.45, 7) is 0.447. The van der Waals surface area contributed by atoms with Gasteiger partial charge in [0.2, 0.25) is 17.0 Å². The molecule has 0 unspecified atom stereocenters. The average Bonchev–Trinajstić information content (AvgIpc) is 2.62. The normalized spacial score (nSPS) is 13.7.